The summed E-state index contributed by atoms with van der Waals surface area (Å²) in [7, 11) is 2.15. The Balaban J connectivity index is 1.80. The van der Waals surface area contributed by atoms with Gasteiger partial charge in [-0.3, -0.25) is 4.90 Å². The number of aliphatic hydroxyl groups excluding tert-OH is 1. The Morgan fingerprint density at radius 3 is 2.58 bits per heavy atom. The number of β-amino-alcohol motifs (C(OH)–C–C–N with tert-alkyl or cyclic N) is 1. The van der Waals surface area contributed by atoms with Crippen LogP contribution in [0.2, 0.25) is 0 Å². The van der Waals surface area contributed by atoms with Gasteiger partial charge in [0.25, 0.3) is 0 Å². The number of piperidine rings is 1. The Bertz CT molecular complexity index is 157. The zero-order valence-electron chi connectivity index (χ0n) is 7.74. The largest absolute Gasteiger partial charge is 0.392 e. The van der Waals surface area contributed by atoms with Gasteiger partial charge in [0.05, 0.1) is 6.10 Å². The van der Waals surface area contributed by atoms with Gasteiger partial charge in [0.15, 0.2) is 0 Å². The van der Waals surface area contributed by atoms with E-state index < -0.39 is 0 Å². The summed E-state index contributed by atoms with van der Waals surface area (Å²) in [5, 5.41) is 9.46. The first kappa shape index (κ1) is 8.48. The molecule has 0 bridgehead atoms. The molecule has 2 rings (SSSR count). The predicted molar refractivity (Wildman–Crippen MR) is 48.1 cm³/mol. The van der Waals surface area contributed by atoms with Crippen molar-refractivity contribution in [3.05, 3.63) is 0 Å². The van der Waals surface area contributed by atoms with E-state index in [0.717, 1.165) is 19.0 Å². The third-order valence-corrected chi connectivity index (χ3v) is 2.99. The highest BCUT2D eigenvalue weighted by Gasteiger charge is 2.31. The molecule has 70 valence electrons. The van der Waals surface area contributed by atoms with Crippen molar-refractivity contribution in [1.82, 2.24) is 9.80 Å². The van der Waals surface area contributed by atoms with Crippen LogP contribution in [0.1, 0.15) is 12.8 Å². The summed E-state index contributed by atoms with van der Waals surface area (Å²) in [5.74, 6) is 0. The Hall–Kier alpha value is -0.120. The molecule has 2 aliphatic rings. The van der Waals surface area contributed by atoms with Crippen LogP contribution in [0.3, 0.4) is 0 Å². The fraction of sp³-hybridized carbons (Fsp3) is 1.00. The van der Waals surface area contributed by atoms with E-state index in [1.54, 1.807) is 0 Å². The van der Waals surface area contributed by atoms with E-state index in [1.165, 1.54) is 26.1 Å². The molecule has 2 fully saturated rings. The summed E-state index contributed by atoms with van der Waals surface area (Å²) in [6, 6.07) is 0.727. The van der Waals surface area contributed by atoms with Crippen molar-refractivity contribution in [3.8, 4) is 0 Å². The topological polar surface area (TPSA) is 26.7 Å². The molecule has 3 heteroatoms. The SMILES string of the molecule is CN1CC(N2CCC[C@@H](O)C2)C1. The minimum atomic E-state index is -0.0651. The average molecular weight is 170 g/mol. The standard InChI is InChI=1S/C9H18N2O/c1-10-5-8(6-10)11-4-2-3-9(12)7-11/h8-9,12H,2-7H2,1H3/t9-/m1/s1. The van der Waals surface area contributed by atoms with Crippen molar-refractivity contribution in [2.45, 2.75) is 25.0 Å². The van der Waals surface area contributed by atoms with Crippen molar-refractivity contribution < 1.29 is 5.11 Å². The van der Waals surface area contributed by atoms with E-state index >= 15 is 0 Å². The van der Waals surface area contributed by atoms with Crippen LogP contribution in [-0.2, 0) is 0 Å². The highest BCUT2D eigenvalue weighted by molar-refractivity contribution is 4.88. The maximum absolute atomic E-state index is 9.46. The third kappa shape index (κ3) is 1.63. The smallest absolute Gasteiger partial charge is 0.0667 e. The molecule has 0 aliphatic carbocycles. The lowest BCUT2D eigenvalue weighted by Gasteiger charge is -2.46. The Morgan fingerprint density at radius 2 is 2.00 bits per heavy atom. The molecular weight excluding hydrogens is 152 g/mol. The predicted octanol–water partition coefficient (Wildman–Crippen LogP) is -0.243. The maximum atomic E-state index is 9.46. The van der Waals surface area contributed by atoms with E-state index in [9.17, 15) is 5.11 Å². The molecule has 0 radical (unpaired) electrons. The second-order valence-corrected chi connectivity index (χ2v) is 4.17. The quantitative estimate of drug-likeness (QED) is 0.588. The van der Waals surface area contributed by atoms with Gasteiger partial charge in [-0.25, -0.2) is 0 Å². The van der Waals surface area contributed by atoms with Gasteiger partial charge in [-0.1, -0.05) is 0 Å². The zero-order valence-corrected chi connectivity index (χ0v) is 7.74. The number of likely N-dealkylation sites (tertiary alicyclic amines) is 2. The normalized spacial score (nSPS) is 35.0. The highest BCUT2D eigenvalue weighted by Crippen LogP contribution is 2.18. The summed E-state index contributed by atoms with van der Waals surface area (Å²) < 4.78 is 0. The molecule has 2 aliphatic heterocycles. The van der Waals surface area contributed by atoms with Gasteiger partial charge in [0, 0.05) is 25.7 Å². The summed E-state index contributed by atoms with van der Waals surface area (Å²) in [4.78, 5) is 4.76. The van der Waals surface area contributed by atoms with Gasteiger partial charge >= 0.3 is 0 Å². The number of hydrogen-bond donors (Lipinski definition) is 1. The van der Waals surface area contributed by atoms with E-state index in [1.807, 2.05) is 0 Å². The number of nitrogens with zero attached hydrogens (tertiary/aromatic N) is 2. The van der Waals surface area contributed by atoms with E-state index in [0.29, 0.717) is 0 Å². The van der Waals surface area contributed by atoms with E-state index in [2.05, 4.69) is 16.8 Å². The first-order valence-electron chi connectivity index (χ1n) is 4.86. The molecule has 3 nitrogen and oxygen atoms in total. The molecule has 1 atom stereocenters. The van der Waals surface area contributed by atoms with Gasteiger partial charge in [-0.05, 0) is 26.4 Å². The molecule has 0 amide bonds. The van der Waals surface area contributed by atoms with E-state index in [-0.39, 0.29) is 6.10 Å². The molecule has 0 aromatic rings. The van der Waals surface area contributed by atoms with Gasteiger partial charge in [0.2, 0.25) is 0 Å². The highest BCUT2D eigenvalue weighted by atomic mass is 16.3. The third-order valence-electron chi connectivity index (χ3n) is 2.99. The van der Waals surface area contributed by atoms with E-state index in [4.69, 9.17) is 0 Å². The minimum Gasteiger partial charge on any atom is -0.392 e. The van der Waals surface area contributed by atoms with Crippen molar-refractivity contribution in [2.24, 2.45) is 0 Å². The molecule has 0 spiro atoms. The fourth-order valence-corrected chi connectivity index (χ4v) is 2.21. The van der Waals surface area contributed by atoms with Crippen LogP contribution in [0.25, 0.3) is 0 Å². The second kappa shape index (κ2) is 3.32. The van der Waals surface area contributed by atoms with Crippen LogP contribution in [0.5, 0.6) is 0 Å². The second-order valence-electron chi connectivity index (χ2n) is 4.17. The van der Waals surface area contributed by atoms with Gasteiger partial charge < -0.3 is 10.0 Å². The maximum Gasteiger partial charge on any atom is 0.0667 e. The molecule has 0 unspecified atom stereocenters. The number of aliphatic hydroxyl groups is 1. The molecular formula is C9H18N2O. The van der Waals surface area contributed by atoms with Gasteiger partial charge in [0.1, 0.15) is 0 Å². The van der Waals surface area contributed by atoms with Crippen molar-refractivity contribution >= 4 is 0 Å². The first-order valence-corrected chi connectivity index (χ1v) is 4.86. The molecule has 0 aromatic heterocycles. The van der Waals surface area contributed by atoms with Gasteiger partial charge in [-0.2, -0.15) is 0 Å². The number of rotatable bonds is 1. The van der Waals surface area contributed by atoms with Crippen molar-refractivity contribution in [1.29, 1.82) is 0 Å². The van der Waals surface area contributed by atoms with Crippen LogP contribution in [-0.4, -0.2) is 60.3 Å². The Kier molecular flexibility index (Phi) is 2.35. The average Bonchev–Trinajstić information content (AvgIpc) is 1.99. The van der Waals surface area contributed by atoms with Crippen LogP contribution < -0.4 is 0 Å². The molecule has 2 heterocycles. The summed E-state index contributed by atoms with van der Waals surface area (Å²) >= 11 is 0. The molecule has 2 saturated heterocycles. The Morgan fingerprint density at radius 1 is 1.25 bits per heavy atom. The van der Waals surface area contributed by atoms with Crippen LogP contribution >= 0.6 is 0 Å². The fourth-order valence-electron chi connectivity index (χ4n) is 2.21. The lowest BCUT2D eigenvalue weighted by atomic mass is 10.0. The molecule has 0 aromatic carbocycles. The van der Waals surface area contributed by atoms with Gasteiger partial charge in [-0.15, -0.1) is 0 Å². The molecule has 1 N–H and O–H groups in total. The number of hydrogen-bond acceptors (Lipinski definition) is 3. The summed E-state index contributed by atoms with van der Waals surface area (Å²) in [5.41, 5.74) is 0. The van der Waals surface area contributed by atoms with Crippen molar-refractivity contribution in [2.75, 3.05) is 33.2 Å². The summed E-state index contributed by atoms with van der Waals surface area (Å²) in [6.07, 6.45) is 2.10. The monoisotopic (exact) mass is 170 g/mol. The van der Waals surface area contributed by atoms with Crippen LogP contribution in [0.4, 0.5) is 0 Å². The number of likely N-dealkylation sites (N-methyl/N-ethyl adjacent to an activating group) is 1. The van der Waals surface area contributed by atoms with Crippen LogP contribution in [0.15, 0.2) is 0 Å². The lowest BCUT2D eigenvalue weighted by Crippen LogP contribution is -2.60. The van der Waals surface area contributed by atoms with Crippen LogP contribution in [0, 0.1) is 0 Å². The lowest BCUT2D eigenvalue weighted by molar-refractivity contribution is -0.00581. The Labute approximate surface area is 74.0 Å². The van der Waals surface area contributed by atoms with Crippen molar-refractivity contribution in [3.63, 3.8) is 0 Å². The summed E-state index contributed by atoms with van der Waals surface area (Å²) in [6.45, 7) is 4.47. The molecule has 12 heavy (non-hydrogen) atoms. The zero-order chi connectivity index (χ0) is 8.55. The first-order chi connectivity index (χ1) is 5.75. The molecule has 0 saturated carbocycles. The minimum absolute atomic E-state index is 0.0651.